The number of ether oxygens (including phenoxy) is 1. The molecule has 10 nitrogen and oxygen atoms in total. The van der Waals surface area contributed by atoms with Gasteiger partial charge in [-0.2, -0.15) is 0 Å². The Labute approximate surface area is 247 Å². The number of carbonyl (C=O) groups excluding carboxylic acids is 2. The van der Waals surface area contributed by atoms with Crippen LogP contribution in [0.5, 0.6) is 5.75 Å². The van der Waals surface area contributed by atoms with Gasteiger partial charge in [0, 0.05) is 29.8 Å². The minimum absolute atomic E-state index is 0.151. The second kappa shape index (κ2) is 12.6. The minimum Gasteiger partial charge on any atom is -0.497 e. The van der Waals surface area contributed by atoms with Gasteiger partial charge in [-0.25, -0.2) is 14.4 Å². The van der Waals surface area contributed by atoms with Crippen molar-refractivity contribution in [2.24, 2.45) is 0 Å². The monoisotopic (exact) mass is 597 g/mol. The van der Waals surface area contributed by atoms with Crippen LogP contribution in [0.2, 0.25) is 5.02 Å². The van der Waals surface area contributed by atoms with Gasteiger partial charge in [-0.1, -0.05) is 23.7 Å². The minimum atomic E-state index is -0.891. The normalized spacial score (nSPS) is 19.7. The zero-order chi connectivity index (χ0) is 30.0. The first kappa shape index (κ1) is 29.7. The number of aliphatic hydroxyl groups excluding tert-OH is 2. The van der Waals surface area contributed by atoms with Crippen LogP contribution in [0.25, 0.3) is 11.3 Å². The number of aromatic nitrogens is 2. The molecule has 0 radical (unpaired) electrons. The molecule has 5 rings (SSSR count). The first-order chi connectivity index (χ1) is 20.2. The average Bonchev–Trinajstić information content (AvgIpc) is 3.32. The van der Waals surface area contributed by atoms with Gasteiger partial charge in [0.1, 0.15) is 17.6 Å². The van der Waals surface area contributed by atoms with Crippen molar-refractivity contribution in [2.45, 2.75) is 63.4 Å². The lowest BCUT2D eigenvalue weighted by atomic mass is 9.93. The SMILES string of the molecule is COc1cc(F)cc([C@@H](CO)NC(=O)[C@@H](C)N2Cc3ccc(-c4nc(NC5CCC(O)CC5)ncc4Cl)cc3C2=O)c1. The standard InChI is InChI=1S/C30H33ClFN5O5/c1-16(28(40)35-26(15-38)19-9-20(32)12-23(10-19)42-2)37-14-18-4-3-17(11-24(18)29(37)41)27-25(31)13-33-30(36-27)34-21-5-7-22(39)8-6-21/h3-4,9-13,16,21-22,26,38-39H,5-8,14-15H2,1-2H3,(H,35,40)(H,33,34,36)/t16-,21?,22?,26-/m1/s1. The molecule has 0 saturated heterocycles. The number of benzene rings is 2. The molecule has 2 amide bonds. The van der Waals surface area contributed by atoms with E-state index in [0.29, 0.717) is 33.4 Å². The number of hydrogen-bond donors (Lipinski definition) is 4. The Morgan fingerprint density at radius 3 is 2.69 bits per heavy atom. The van der Waals surface area contributed by atoms with Crippen molar-refractivity contribution in [1.82, 2.24) is 20.2 Å². The molecule has 0 spiro atoms. The highest BCUT2D eigenvalue weighted by Crippen LogP contribution is 2.33. The van der Waals surface area contributed by atoms with E-state index in [1.54, 1.807) is 13.0 Å². The molecule has 4 N–H and O–H groups in total. The van der Waals surface area contributed by atoms with Crippen LogP contribution in [0.1, 0.15) is 60.1 Å². The highest BCUT2D eigenvalue weighted by molar-refractivity contribution is 6.33. The number of nitrogens with zero attached hydrogens (tertiary/aromatic N) is 3. The maximum atomic E-state index is 14.0. The number of carbonyl (C=O) groups is 2. The second-order valence-corrected chi connectivity index (χ2v) is 11.1. The van der Waals surface area contributed by atoms with E-state index in [9.17, 15) is 24.2 Å². The fraction of sp³-hybridized carbons (Fsp3) is 0.400. The van der Waals surface area contributed by atoms with Crippen molar-refractivity contribution in [2.75, 3.05) is 19.0 Å². The molecule has 1 aromatic heterocycles. The topological polar surface area (TPSA) is 137 Å². The number of methoxy groups -OCH3 is 1. The number of fused-ring (bicyclic) bond motifs is 1. The van der Waals surface area contributed by atoms with E-state index in [1.165, 1.54) is 36.4 Å². The summed E-state index contributed by atoms with van der Waals surface area (Å²) < 4.78 is 19.1. The summed E-state index contributed by atoms with van der Waals surface area (Å²) in [5, 5.41) is 26.0. The van der Waals surface area contributed by atoms with Crippen molar-refractivity contribution >= 4 is 29.4 Å². The number of hydrogen-bond acceptors (Lipinski definition) is 8. The molecular formula is C30H33ClFN5O5. The molecule has 2 heterocycles. The van der Waals surface area contributed by atoms with Crippen LogP contribution in [0.15, 0.2) is 42.6 Å². The Kier molecular flexibility index (Phi) is 8.91. The number of rotatable bonds is 9. The maximum absolute atomic E-state index is 14.0. The molecule has 222 valence electrons. The quantitative estimate of drug-likeness (QED) is 0.292. The third-order valence-electron chi connectivity index (χ3n) is 7.87. The first-order valence-electron chi connectivity index (χ1n) is 13.8. The number of halogens is 2. The van der Waals surface area contributed by atoms with Gasteiger partial charge in [-0.15, -0.1) is 0 Å². The highest BCUT2D eigenvalue weighted by atomic mass is 35.5. The van der Waals surface area contributed by atoms with Crippen LogP contribution in [0.4, 0.5) is 10.3 Å². The van der Waals surface area contributed by atoms with Gasteiger partial charge >= 0.3 is 0 Å². The van der Waals surface area contributed by atoms with Crippen LogP contribution in [0.3, 0.4) is 0 Å². The number of aliphatic hydroxyl groups is 2. The van der Waals surface area contributed by atoms with Crippen LogP contribution in [0, 0.1) is 5.82 Å². The van der Waals surface area contributed by atoms with E-state index in [-0.39, 0.29) is 30.3 Å². The Morgan fingerprint density at radius 1 is 1.21 bits per heavy atom. The Hall–Kier alpha value is -3.80. The summed E-state index contributed by atoms with van der Waals surface area (Å²) >= 11 is 6.46. The lowest BCUT2D eigenvalue weighted by molar-refractivity contribution is -0.126. The third-order valence-corrected chi connectivity index (χ3v) is 8.14. The largest absolute Gasteiger partial charge is 0.497 e. The molecule has 2 aromatic carbocycles. The van der Waals surface area contributed by atoms with Crippen molar-refractivity contribution < 1.29 is 28.9 Å². The molecule has 12 heteroatoms. The predicted octanol–water partition coefficient (Wildman–Crippen LogP) is 3.85. The summed E-state index contributed by atoms with van der Waals surface area (Å²) in [7, 11) is 1.40. The van der Waals surface area contributed by atoms with Crippen molar-refractivity contribution in [1.29, 1.82) is 0 Å². The lowest BCUT2D eigenvalue weighted by Crippen LogP contribution is -2.46. The number of anilines is 1. The van der Waals surface area contributed by atoms with E-state index in [2.05, 4.69) is 20.6 Å². The third kappa shape index (κ3) is 6.33. The lowest BCUT2D eigenvalue weighted by Gasteiger charge is -2.26. The van der Waals surface area contributed by atoms with Crippen LogP contribution >= 0.6 is 11.6 Å². The summed E-state index contributed by atoms with van der Waals surface area (Å²) in [5.74, 6) is -0.710. The molecule has 1 fully saturated rings. The molecular weight excluding hydrogens is 565 g/mol. The van der Waals surface area contributed by atoms with Gasteiger partial charge in [0.05, 0.1) is 42.8 Å². The molecule has 1 aliphatic heterocycles. The number of nitrogens with one attached hydrogen (secondary N) is 2. The zero-order valence-corrected chi connectivity index (χ0v) is 24.1. The van der Waals surface area contributed by atoms with E-state index < -0.39 is 30.4 Å². The van der Waals surface area contributed by atoms with Gasteiger partial charge in [-0.05, 0) is 61.9 Å². The maximum Gasteiger partial charge on any atom is 0.255 e. The molecule has 1 aliphatic carbocycles. The van der Waals surface area contributed by atoms with Crippen LogP contribution in [-0.4, -0.2) is 68.8 Å². The van der Waals surface area contributed by atoms with E-state index >= 15 is 0 Å². The van der Waals surface area contributed by atoms with Crippen LogP contribution < -0.4 is 15.4 Å². The first-order valence-corrected chi connectivity index (χ1v) is 14.2. The van der Waals surface area contributed by atoms with Gasteiger partial charge < -0.3 is 30.5 Å². The van der Waals surface area contributed by atoms with Gasteiger partial charge in [0.2, 0.25) is 11.9 Å². The molecule has 2 atom stereocenters. The molecule has 0 unspecified atom stereocenters. The fourth-order valence-electron chi connectivity index (χ4n) is 5.40. The van der Waals surface area contributed by atoms with Crippen molar-refractivity contribution in [3.63, 3.8) is 0 Å². The predicted molar refractivity (Wildman–Crippen MR) is 155 cm³/mol. The number of amides is 2. The smallest absolute Gasteiger partial charge is 0.255 e. The Bertz CT molecular complexity index is 1480. The van der Waals surface area contributed by atoms with Crippen LogP contribution in [-0.2, 0) is 11.3 Å². The van der Waals surface area contributed by atoms with E-state index in [0.717, 1.165) is 31.2 Å². The Balaban J connectivity index is 1.30. The Morgan fingerprint density at radius 2 is 1.98 bits per heavy atom. The zero-order valence-electron chi connectivity index (χ0n) is 23.3. The molecule has 3 aromatic rings. The van der Waals surface area contributed by atoms with Crippen molar-refractivity contribution in [3.8, 4) is 17.0 Å². The van der Waals surface area contributed by atoms with Gasteiger partial charge in [0.15, 0.2) is 0 Å². The molecule has 2 aliphatic rings. The molecule has 0 bridgehead atoms. The summed E-state index contributed by atoms with van der Waals surface area (Å²) in [6, 6.07) is 7.70. The highest BCUT2D eigenvalue weighted by Gasteiger charge is 2.35. The summed E-state index contributed by atoms with van der Waals surface area (Å²) in [5.41, 5.74) is 2.64. The molecule has 1 saturated carbocycles. The van der Waals surface area contributed by atoms with Crippen molar-refractivity contribution in [3.05, 3.63) is 70.1 Å². The van der Waals surface area contributed by atoms with Gasteiger partial charge in [-0.3, -0.25) is 9.59 Å². The second-order valence-electron chi connectivity index (χ2n) is 10.7. The molecule has 42 heavy (non-hydrogen) atoms. The van der Waals surface area contributed by atoms with Gasteiger partial charge in [0.25, 0.3) is 5.91 Å². The summed E-state index contributed by atoms with van der Waals surface area (Å²) in [6.07, 6.45) is 4.32. The van der Waals surface area contributed by atoms with E-state index in [1.807, 2.05) is 12.1 Å². The fourth-order valence-corrected chi connectivity index (χ4v) is 5.60. The van der Waals surface area contributed by atoms with E-state index in [4.69, 9.17) is 16.3 Å². The average molecular weight is 598 g/mol. The summed E-state index contributed by atoms with van der Waals surface area (Å²) in [4.78, 5) is 37.0. The summed E-state index contributed by atoms with van der Waals surface area (Å²) in [6.45, 7) is 1.35.